The van der Waals surface area contributed by atoms with Crippen LogP contribution in [0, 0.1) is 5.92 Å². The summed E-state index contributed by atoms with van der Waals surface area (Å²) in [6.07, 6.45) is 6.18. The van der Waals surface area contributed by atoms with Gasteiger partial charge in [-0.05, 0) is 18.8 Å². The molecule has 4 nitrogen and oxygen atoms in total. The summed E-state index contributed by atoms with van der Waals surface area (Å²) < 4.78 is 0. The summed E-state index contributed by atoms with van der Waals surface area (Å²) in [4.78, 5) is 16.7. The Bertz CT molecular complexity index is 438. The normalized spacial score (nSPS) is 18.2. The van der Waals surface area contributed by atoms with Gasteiger partial charge < -0.3 is 11.1 Å². The lowest BCUT2D eigenvalue weighted by molar-refractivity contribution is 0.0911. The third-order valence-corrected chi connectivity index (χ3v) is 5.18. The number of nitrogens with one attached hydrogen (secondary N) is 1. The zero-order valence-corrected chi connectivity index (χ0v) is 13.2. The molecule has 3 N–H and O–H groups in total. The first-order valence-electron chi connectivity index (χ1n) is 7.58. The average molecular weight is 295 g/mol. The van der Waals surface area contributed by atoms with Crippen molar-refractivity contribution < 1.29 is 4.79 Å². The standard InChI is InChI=1S/C15H25N3OS/c1-10(2)15-18-13(9-20-15)14(19)17-12(8-16)11-6-4-3-5-7-11/h9-12H,3-8,16H2,1-2H3,(H,17,19). The van der Waals surface area contributed by atoms with Gasteiger partial charge >= 0.3 is 0 Å². The fourth-order valence-electron chi connectivity index (χ4n) is 2.81. The minimum atomic E-state index is -0.0748. The van der Waals surface area contributed by atoms with E-state index in [4.69, 9.17) is 5.73 Å². The quantitative estimate of drug-likeness (QED) is 0.877. The second kappa shape index (κ2) is 7.18. The van der Waals surface area contributed by atoms with Crippen molar-refractivity contribution in [3.05, 3.63) is 16.1 Å². The molecule has 1 saturated carbocycles. The number of hydrogen-bond donors (Lipinski definition) is 2. The van der Waals surface area contributed by atoms with E-state index in [2.05, 4.69) is 24.1 Å². The maximum absolute atomic E-state index is 12.3. The van der Waals surface area contributed by atoms with Crippen LogP contribution in [0.5, 0.6) is 0 Å². The van der Waals surface area contributed by atoms with Crippen molar-refractivity contribution >= 4 is 17.2 Å². The molecule has 1 atom stereocenters. The zero-order chi connectivity index (χ0) is 14.5. The summed E-state index contributed by atoms with van der Waals surface area (Å²) in [6, 6.07) is 0.0898. The predicted octanol–water partition coefficient (Wildman–Crippen LogP) is 2.90. The maximum atomic E-state index is 12.3. The molecule has 20 heavy (non-hydrogen) atoms. The number of amides is 1. The molecular weight excluding hydrogens is 270 g/mol. The summed E-state index contributed by atoms with van der Waals surface area (Å²) in [5.74, 6) is 0.820. The molecule has 112 valence electrons. The van der Waals surface area contributed by atoms with Gasteiger partial charge in [-0.3, -0.25) is 4.79 Å². The summed E-state index contributed by atoms with van der Waals surface area (Å²) in [6.45, 7) is 4.69. The molecule has 1 heterocycles. The van der Waals surface area contributed by atoms with Crippen LogP contribution in [-0.2, 0) is 0 Å². The van der Waals surface area contributed by atoms with Crippen LogP contribution in [0.4, 0.5) is 0 Å². The number of nitrogens with zero attached hydrogens (tertiary/aromatic N) is 1. The second-order valence-electron chi connectivity index (χ2n) is 5.94. The molecule has 2 rings (SSSR count). The number of aromatic nitrogens is 1. The van der Waals surface area contributed by atoms with Gasteiger partial charge in [-0.1, -0.05) is 33.1 Å². The van der Waals surface area contributed by atoms with Gasteiger partial charge in [0, 0.05) is 23.9 Å². The van der Waals surface area contributed by atoms with Gasteiger partial charge in [0.05, 0.1) is 5.01 Å². The number of thiazole rings is 1. The first-order valence-corrected chi connectivity index (χ1v) is 8.46. The van der Waals surface area contributed by atoms with Gasteiger partial charge in [0.1, 0.15) is 5.69 Å². The summed E-state index contributed by atoms with van der Waals surface area (Å²) in [5.41, 5.74) is 6.39. The van der Waals surface area contributed by atoms with Gasteiger partial charge in [-0.25, -0.2) is 4.98 Å². The van der Waals surface area contributed by atoms with Crippen LogP contribution < -0.4 is 11.1 Å². The molecule has 5 heteroatoms. The highest BCUT2D eigenvalue weighted by Crippen LogP contribution is 2.26. The van der Waals surface area contributed by atoms with E-state index in [0.29, 0.717) is 24.1 Å². The van der Waals surface area contributed by atoms with Crippen molar-refractivity contribution in [2.24, 2.45) is 11.7 Å². The molecule has 1 unspecified atom stereocenters. The lowest BCUT2D eigenvalue weighted by Gasteiger charge is -2.29. The minimum Gasteiger partial charge on any atom is -0.346 e. The van der Waals surface area contributed by atoms with E-state index in [-0.39, 0.29) is 11.9 Å². The molecule has 0 aromatic carbocycles. The Morgan fingerprint density at radius 1 is 1.45 bits per heavy atom. The Labute approximate surface area is 125 Å². The molecular formula is C15H25N3OS. The highest BCUT2D eigenvalue weighted by atomic mass is 32.1. The highest BCUT2D eigenvalue weighted by Gasteiger charge is 2.25. The monoisotopic (exact) mass is 295 g/mol. The highest BCUT2D eigenvalue weighted by molar-refractivity contribution is 7.09. The second-order valence-corrected chi connectivity index (χ2v) is 6.83. The maximum Gasteiger partial charge on any atom is 0.271 e. The van der Waals surface area contributed by atoms with Gasteiger partial charge in [0.2, 0.25) is 0 Å². The Morgan fingerprint density at radius 2 is 2.15 bits per heavy atom. The van der Waals surface area contributed by atoms with Gasteiger partial charge in [-0.2, -0.15) is 0 Å². The van der Waals surface area contributed by atoms with E-state index >= 15 is 0 Å². The van der Waals surface area contributed by atoms with E-state index < -0.39 is 0 Å². The van der Waals surface area contributed by atoms with Crippen molar-refractivity contribution in [3.8, 4) is 0 Å². The van der Waals surface area contributed by atoms with Gasteiger partial charge in [0.15, 0.2) is 0 Å². The van der Waals surface area contributed by atoms with Gasteiger partial charge in [-0.15, -0.1) is 11.3 Å². The smallest absolute Gasteiger partial charge is 0.271 e. The topological polar surface area (TPSA) is 68.0 Å². The van der Waals surface area contributed by atoms with E-state index in [1.807, 2.05) is 5.38 Å². The summed E-state index contributed by atoms with van der Waals surface area (Å²) in [5, 5.41) is 5.94. The predicted molar refractivity (Wildman–Crippen MR) is 83.1 cm³/mol. The van der Waals surface area contributed by atoms with Crippen LogP contribution in [0.1, 0.15) is 67.4 Å². The third kappa shape index (κ3) is 3.79. The summed E-state index contributed by atoms with van der Waals surface area (Å²) in [7, 11) is 0. The largest absolute Gasteiger partial charge is 0.346 e. The molecule has 1 amide bonds. The molecule has 1 aliphatic carbocycles. The average Bonchev–Trinajstić information content (AvgIpc) is 2.95. The van der Waals surface area contributed by atoms with Crippen LogP contribution in [0.15, 0.2) is 5.38 Å². The summed E-state index contributed by atoms with van der Waals surface area (Å²) >= 11 is 1.55. The SMILES string of the molecule is CC(C)c1nc(C(=O)NC(CN)C2CCCCC2)cs1. The molecule has 1 aromatic rings. The fraction of sp³-hybridized carbons (Fsp3) is 0.733. The first kappa shape index (κ1) is 15.4. The van der Waals surface area contributed by atoms with Crippen LogP contribution in [0.2, 0.25) is 0 Å². The minimum absolute atomic E-state index is 0.0748. The number of carbonyl (C=O) groups excluding carboxylic acids is 1. The lowest BCUT2D eigenvalue weighted by Crippen LogP contribution is -2.46. The number of nitrogens with two attached hydrogens (primary N) is 1. The van der Waals surface area contributed by atoms with Crippen molar-refractivity contribution in [1.29, 1.82) is 0 Å². The van der Waals surface area contributed by atoms with Gasteiger partial charge in [0.25, 0.3) is 5.91 Å². The fourth-order valence-corrected chi connectivity index (χ4v) is 3.62. The van der Waals surface area contributed by atoms with Crippen LogP contribution in [-0.4, -0.2) is 23.5 Å². The first-order chi connectivity index (χ1) is 9.61. The Hall–Kier alpha value is -0.940. The van der Waals surface area contributed by atoms with Crippen LogP contribution >= 0.6 is 11.3 Å². The number of hydrogen-bond acceptors (Lipinski definition) is 4. The molecule has 1 fully saturated rings. The molecule has 0 radical (unpaired) electrons. The van der Waals surface area contributed by atoms with Crippen molar-refractivity contribution in [2.75, 3.05) is 6.54 Å². The molecule has 0 bridgehead atoms. The van der Waals surface area contributed by atoms with Crippen molar-refractivity contribution in [2.45, 2.75) is 57.9 Å². The number of rotatable bonds is 5. The van der Waals surface area contributed by atoms with E-state index in [9.17, 15) is 4.79 Å². The Morgan fingerprint density at radius 3 is 2.70 bits per heavy atom. The zero-order valence-electron chi connectivity index (χ0n) is 12.4. The van der Waals surface area contributed by atoms with E-state index in [1.54, 1.807) is 11.3 Å². The Kier molecular flexibility index (Phi) is 5.54. The number of carbonyl (C=O) groups is 1. The van der Waals surface area contributed by atoms with Crippen LogP contribution in [0.25, 0.3) is 0 Å². The van der Waals surface area contributed by atoms with Crippen LogP contribution in [0.3, 0.4) is 0 Å². The molecule has 1 aromatic heterocycles. The van der Waals surface area contributed by atoms with E-state index in [0.717, 1.165) is 5.01 Å². The van der Waals surface area contributed by atoms with Crippen molar-refractivity contribution in [1.82, 2.24) is 10.3 Å². The Balaban J connectivity index is 1.97. The molecule has 1 aliphatic rings. The molecule has 0 spiro atoms. The third-order valence-electron chi connectivity index (χ3n) is 4.04. The molecule has 0 saturated heterocycles. The molecule has 0 aliphatic heterocycles. The van der Waals surface area contributed by atoms with Crippen molar-refractivity contribution in [3.63, 3.8) is 0 Å². The van der Waals surface area contributed by atoms with E-state index in [1.165, 1.54) is 32.1 Å². The lowest BCUT2D eigenvalue weighted by atomic mass is 9.84.